The highest BCUT2D eigenvalue weighted by Crippen LogP contribution is 2.51. The van der Waals surface area contributed by atoms with Crippen LogP contribution in [-0.2, 0) is 9.53 Å². The van der Waals surface area contributed by atoms with Crippen molar-refractivity contribution in [3.05, 3.63) is 30.9 Å². The summed E-state index contributed by atoms with van der Waals surface area (Å²) < 4.78 is 8.00. The number of ether oxygens (including phenoxy) is 1. The Bertz CT molecular complexity index is 1350. The van der Waals surface area contributed by atoms with Crippen molar-refractivity contribution in [3.63, 3.8) is 0 Å². The molecule has 4 aliphatic rings. The quantitative estimate of drug-likeness (QED) is 0.572. The Balaban J connectivity index is 1.18. The van der Waals surface area contributed by atoms with Crippen LogP contribution in [0, 0.1) is 5.41 Å². The third-order valence-corrected chi connectivity index (χ3v) is 9.67. The van der Waals surface area contributed by atoms with Crippen molar-refractivity contribution in [2.24, 2.45) is 5.41 Å². The standard InChI is InChI=1S/C26H31N7O2S/c1-17-13-25(16-35-17)6-10-32(11-7-25)24-29-15-19(22-28-9-12-33(22)24)36-18-3-8-27-23-21(18)30-20(34)14-26(4-5-26)31(23)2/h3,8-9,12,15,17H,4-7,10-11,13-14,16H2,1-2H3,(H,30,34)/t17-/m0/s1. The maximum Gasteiger partial charge on any atom is 0.226 e. The SMILES string of the molecule is C[C@H]1CC2(CCN(c3ncc(Sc4ccnc5c4NC(=O)CC4(CC4)N5C)c4nccn34)CC2)CO1. The van der Waals surface area contributed by atoms with Gasteiger partial charge in [0.25, 0.3) is 0 Å². The zero-order valence-corrected chi connectivity index (χ0v) is 21.6. The third-order valence-electron chi connectivity index (χ3n) is 8.60. The van der Waals surface area contributed by atoms with Crippen LogP contribution in [0.1, 0.15) is 45.4 Å². The molecule has 36 heavy (non-hydrogen) atoms. The third kappa shape index (κ3) is 3.56. The van der Waals surface area contributed by atoms with E-state index in [0.717, 1.165) is 84.7 Å². The first-order valence-electron chi connectivity index (χ1n) is 12.8. The van der Waals surface area contributed by atoms with E-state index in [1.807, 2.05) is 30.9 Å². The zero-order valence-electron chi connectivity index (χ0n) is 20.7. The first-order chi connectivity index (χ1) is 17.5. The molecule has 9 nitrogen and oxygen atoms in total. The largest absolute Gasteiger partial charge is 0.378 e. The van der Waals surface area contributed by atoms with Crippen molar-refractivity contribution < 1.29 is 9.53 Å². The Kier molecular flexibility index (Phi) is 5.02. The molecule has 2 spiro atoms. The molecular formula is C26H31N7O2S. The molecule has 2 saturated heterocycles. The van der Waals surface area contributed by atoms with Gasteiger partial charge in [0.2, 0.25) is 11.9 Å². The number of fused-ring (bicyclic) bond motifs is 2. The highest BCUT2D eigenvalue weighted by Gasteiger charge is 2.50. The molecule has 1 aliphatic carbocycles. The Morgan fingerprint density at radius 2 is 1.94 bits per heavy atom. The molecule has 3 aliphatic heterocycles. The maximum absolute atomic E-state index is 12.7. The molecule has 0 aromatic carbocycles. The average molecular weight is 506 g/mol. The van der Waals surface area contributed by atoms with Crippen LogP contribution in [0.25, 0.3) is 5.65 Å². The summed E-state index contributed by atoms with van der Waals surface area (Å²) in [5.74, 6) is 1.82. The number of nitrogens with zero attached hydrogens (tertiary/aromatic N) is 6. The lowest BCUT2D eigenvalue weighted by Gasteiger charge is -2.39. The van der Waals surface area contributed by atoms with Crippen molar-refractivity contribution in [2.75, 3.05) is 41.9 Å². The van der Waals surface area contributed by atoms with Gasteiger partial charge in [-0.25, -0.2) is 15.0 Å². The predicted octanol–water partition coefficient (Wildman–Crippen LogP) is 3.98. The van der Waals surface area contributed by atoms with Crippen molar-refractivity contribution in [2.45, 2.75) is 66.9 Å². The minimum Gasteiger partial charge on any atom is -0.378 e. The van der Waals surface area contributed by atoms with Gasteiger partial charge in [-0.05, 0) is 50.5 Å². The van der Waals surface area contributed by atoms with Crippen LogP contribution in [0.3, 0.4) is 0 Å². The van der Waals surface area contributed by atoms with Gasteiger partial charge < -0.3 is 19.9 Å². The normalized spacial score (nSPS) is 24.3. The van der Waals surface area contributed by atoms with Crippen molar-refractivity contribution in [3.8, 4) is 0 Å². The van der Waals surface area contributed by atoms with Crippen molar-refractivity contribution in [1.29, 1.82) is 0 Å². The van der Waals surface area contributed by atoms with Crippen LogP contribution in [0.4, 0.5) is 17.5 Å². The van der Waals surface area contributed by atoms with E-state index in [2.05, 4.69) is 43.5 Å². The Morgan fingerprint density at radius 1 is 1.11 bits per heavy atom. The van der Waals surface area contributed by atoms with Gasteiger partial charge in [0, 0.05) is 49.8 Å². The van der Waals surface area contributed by atoms with Crippen LogP contribution in [-0.4, -0.2) is 63.6 Å². The molecule has 7 rings (SSSR count). The summed E-state index contributed by atoms with van der Waals surface area (Å²) in [4.78, 5) is 33.4. The van der Waals surface area contributed by atoms with E-state index >= 15 is 0 Å². The maximum atomic E-state index is 12.7. The molecule has 1 N–H and O–H groups in total. The monoisotopic (exact) mass is 505 g/mol. The topological polar surface area (TPSA) is 87.9 Å². The fraction of sp³-hybridized carbons (Fsp3) is 0.538. The second kappa shape index (κ2) is 8.08. The summed E-state index contributed by atoms with van der Waals surface area (Å²) in [6.45, 7) is 5.01. The molecule has 1 atom stereocenters. The number of rotatable bonds is 3. The molecule has 1 amide bonds. The Morgan fingerprint density at radius 3 is 2.69 bits per heavy atom. The summed E-state index contributed by atoms with van der Waals surface area (Å²) in [7, 11) is 2.05. The van der Waals surface area contributed by atoms with E-state index < -0.39 is 0 Å². The van der Waals surface area contributed by atoms with E-state index in [0.29, 0.717) is 17.9 Å². The molecule has 0 unspecified atom stereocenters. The fourth-order valence-electron chi connectivity index (χ4n) is 6.26. The molecule has 3 aromatic rings. The number of anilines is 3. The minimum atomic E-state index is -0.0825. The average Bonchev–Trinajstić information content (AvgIpc) is 3.34. The summed E-state index contributed by atoms with van der Waals surface area (Å²) in [6.07, 6.45) is 13.9. The number of carbonyl (C=O) groups is 1. The molecule has 3 fully saturated rings. The number of hydrogen-bond acceptors (Lipinski definition) is 8. The van der Waals surface area contributed by atoms with Crippen LogP contribution in [0.5, 0.6) is 0 Å². The molecule has 6 heterocycles. The molecule has 1 saturated carbocycles. The summed E-state index contributed by atoms with van der Waals surface area (Å²) in [5.41, 5.74) is 1.90. The number of pyridine rings is 1. The number of nitrogens with one attached hydrogen (secondary N) is 1. The lowest BCUT2D eigenvalue weighted by molar-refractivity contribution is -0.116. The fourth-order valence-corrected chi connectivity index (χ4v) is 7.21. The Hall–Kier alpha value is -2.85. The van der Waals surface area contributed by atoms with E-state index in [4.69, 9.17) is 9.72 Å². The second-order valence-corrected chi connectivity index (χ2v) is 12.1. The predicted molar refractivity (Wildman–Crippen MR) is 139 cm³/mol. The number of amides is 1. The number of imidazole rings is 1. The summed E-state index contributed by atoms with van der Waals surface area (Å²) >= 11 is 1.58. The van der Waals surface area contributed by atoms with Gasteiger partial charge in [-0.1, -0.05) is 11.8 Å². The second-order valence-electron chi connectivity index (χ2n) is 11.0. The lowest BCUT2D eigenvalue weighted by Crippen LogP contribution is -2.41. The van der Waals surface area contributed by atoms with Gasteiger partial charge in [0.05, 0.1) is 35.3 Å². The van der Waals surface area contributed by atoms with Crippen molar-refractivity contribution in [1.82, 2.24) is 19.4 Å². The number of aromatic nitrogens is 4. The van der Waals surface area contributed by atoms with E-state index in [-0.39, 0.29) is 11.4 Å². The van der Waals surface area contributed by atoms with Gasteiger partial charge in [-0.2, -0.15) is 0 Å². The minimum absolute atomic E-state index is 0.0531. The first kappa shape index (κ1) is 22.4. The Labute approximate surface area is 214 Å². The van der Waals surface area contributed by atoms with Crippen LogP contribution >= 0.6 is 11.8 Å². The van der Waals surface area contributed by atoms with Gasteiger partial charge in [-0.3, -0.25) is 9.20 Å². The number of hydrogen-bond donors (Lipinski definition) is 1. The highest BCUT2D eigenvalue weighted by atomic mass is 32.2. The van der Waals surface area contributed by atoms with Gasteiger partial charge >= 0.3 is 0 Å². The highest BCUT2D eigenvalue weighted by molar-refractivity contribution is 7.99. The molecular weight excluding hydrogens is 474 g/mol. The molecule has 3 aromatic heterocycles. The van der Waals surface area contributed by atoms with Crippen LogP contribution in [0.15, 0.2) is 40.6 Å². The van der Waals surface area contributed by atoms with Crippen molar-refractivity contribution >= 4 is 40.8 Å². The zero-order chi connectivity index (χ0) is 24.5. The molecule has 0 radical (unpaired) electrons. The van der Waals surface area contributed by atoms with E-state index in [1.54, 1.807) is 11.8 Å². The smallest absolute Gasteiger partial charge is 0.226 e. The summed E-state index contributed by atoms with van der Waals surface area (Å²) in [5, 5.41) is 3.14. The molecule has 0 bridgehead atoms. The number of carbonyl (C=O) groups excluding carboxylic acids is 1. The summed E-state index contributed by atoms with van der Waals surface area (Å²) in [6, 6.07) is 1.96. The molecule has 188 valence electrons. The number of piperidine rings is 1. The van der Waals surface area contributed by atoms with Gasteiger partial charge in [-0.15, -0.1) is 0 Å². The first-order valence-corrected chi connectivity index (χ1v) is 13.7. The van der Waals surface area contributed by atoms with Crippen LogP contribution in [0.2, 0.25) is 0 Å². The van der Waals surface area contributed by atoms with Gasteiger partial charge in [0.1, 0.15) is 0 Å². The van der Waals surface area contributed by atoms with Gasteiger partial charge in [0.15, 0.2) is 11.5 Å². The molecule has 10 heteroatoms. The van der Waals surface area contributed by atoms with E-state index in [1.165, 1.54) is 0 Å². The van der Waals surface area contributed by atoms with Crippen LogP contribution < -0.4 is 15.1 Å². The van der Waals surface area contributed by atoms with E-state index in [9.17, 15) is 4.79 Å². The lowest BCUT2D eigenvalue weighted by atomic mass is 9.77.